The minimum Gasteiger partial charge on any atom is -0.366 e. The van der Waals surface area contributed by atoms with Crippen molar-refractivity contribution in [2.75, 3.05) is 0 Å². The largest absolute Gasteiger partial charge is 0.366 e. The number of amides is 2. The molecule has 1 aromatic carbocycles. The summed E-state index contributed by atoms with van der Waals surface area (Å²) in [5, 5.41) is 2.87. The van der Waals surface area contributed by atoms with Gasteiger partial charge in [0, 0.05) is 17.2 Å². The zero-order chi connectivity index (χ0) is 13.0. The first-order valence-electron chi connectivity index (χ1n) is 5.62. The number of nitrogens with two attached hydrogens (primary N) is 1. The van der Waals surface area contributed by atoms with Gasteiger partial charge < -0.3 is 11.1 Å². The van der Waals surface area contributed by atoms with Crippen LogP contribution in [0.1, 0.15) is 41.5 Å². The molecule has 92 valence electrons. The minimum atomic E-state index is -0.531. The Bertz CT molecular complexity index is 427. The van der Waals surface area contributed by atoms with Gasteiger partial charge in [-0.3, -0.25) is 9.59 Å². The lowest BCUT2D eigenvalue weighted by Crippen LogP contribution is -2.36. The molecular formula is C13H18N2O2. The number of carbonyl (C=O) groups is 2. The topological polar surface area (TPSA) is 72.2 Å². The van der Waals surface area contributed by atoms with Crippen molar-refractivity contribution in [1.29, 1.82) is 0 Å². The normalized spacial score (nSPS) is 12.2. The lowest BCUT2D eigenvalue weighted by atomic mass is 10.1. The maximum atomic E-state index is 11.9. The molecule has 0 aromatic heterocycles. The molecule has 0 radical (unpaired) electrons. The molecule has 0 aliphatic heterocycles. The summed E-state index contributed by atoms with van der Waals surface area (Å²) in [5.41, 5.74) is 5.96. The van der Waals surface area contributed by atoms with Crippen molar-refractivity contribution in [3.05, 3.63) is 35.4 Å². The smallest absolute Gasteiger partial charge is 0.251 e. The molecule has 0 spiro atoms. The van der Waals surface area contributed by atoms with Gasteiger partial charge in [0.2, 0.25) is 5.91 Å². The van der Waals surface area contributed by atoms with Crippen LogP contribution in [0.25, 0.3) is 0 Å². The highest BCUT2D eigenvalue weighted by molar-refractivity contribution is 5.99. The van der Waals surface area contributed by atoms with E-state index < -0.39 is 5.91 Å². The van der Waals surface area contributed by atoms with E-state index in [1.165, 1.54) is 6.07 Å². The van der Waals surface area contributed by atoms with E-state index in [-0.39, 0.29) is 11.9 Å². The molecule has 0 heterocycles. The molecule has 17 heavy (non-hydrogen) atoms. The van der Waals surface area contributed by atoms with E-state index in [0.717, 1.165) is 0 Å². The van der Waals surface area contributed by atoms with Crippen LogP contribution in [0.5, 0.6) is 0 Å². The van der Waals surface area contributed by atoms with Crippen LogP contribution in [0, 0.1) is 5.92 Å². The number of carbonyl (C=O) groups excluding carboxylic acids is 2. The van der Waals surface area contributed by atoms with Crippen LogP contribution in [0.15, 0.2) is 24.3 Å². The van der Waals surface area contributed by atoms with E-state index in [1.54, 1.807) is 18.2 Å². The van der Waals surface area contributed by atoms with Crippen molar-refractivity contribution < 1.29 is 9.59 Å². The summed E-state index contributed by atoms with van der Waals surface area (Å²) in [6.45, 7) is 6.01. The molecule has 4 heteroatoms. The molecule has 0 saturated heterocycles. The monoisotopic (exact) mass is 234 g/mol. The van der Waals surface area contributed by atoms with E-state index >= 15 is 0 Å². The summed E-state index contributed by atoms with van der Waals surface area (Å²) in [7, 11) is 0. The summed E-state index contributed by atoms with van der Waals surface area (Å²) >= 11 is 0. The van der Waals surface area contributed by atoms with Crippen molar-refractivity contribution in [2.45, 2.75) is 26.8 Å². The van der Waals surface area contributed by atoms with Gasteiger partial charge in [0.15, 0.2) is 0 Å². The average molecular weight is 234 g/mol. The lowest BCUT2D eigenvalue weighted by Gasteiger charge is -2.17. The Morgan fingerprint density at radius 1 is 1.18 bits per heavy atom. The SMILES string of the molecule is CC(C)[C@@H](C)NC(=O)c1cccc(C(N)=O)c1. The number of nitrogens with one attached hydrogen (secondary N) is 1. The van der Waals surface area contributed by atoms with Crippen molar-refractivity contribution in [2.24, 2.45) is 11.7 Å². The molecule has 2 amide bonds. The highest BCUT2D eigenvalue weighted by Gasteiger charge is 2.13. The molecule has 0 aliphatic carbocycles. The van der Waals surface area contributed by atoms with Crippen molar-refractivity contribution >= 4 is 11.8 Å². The van der Waals surface area contributed by atoms with Gasteiger partial charge in [0.1, 0.15) is 0 Å². The first-order chi connectivity index (χ1) is 7.91. The predicted octanol–water partition coefficient (Wildman–Crippen LogP) is 1.56. The second-order valence-electron chi connectivity index (χ2n) is 4.45. The quantitative estimate of drug-likeness (QED) is 0.829. The Morgan fingerprint density at radius 2 is 1.76 bits per heavy atom. The first kappa shape index (κ1) is 13.2. The lowest BCUT2D eigenvalue weighted by molar-refractivity contribution is 0.0930. The van der Waals surface area contributed by atoms with Crippen LogP contribution >= 0.6 is 0 Å². The fraction of sp³-hybridized carbons (Fsp3) is 0.385. The third-order valence-electron chi connectivity index (χ3n) is 2.77. The molecule has 0 aliphatic rings. The van der Waals surface area contributed by atoms with Crippen LogP contribution in [-0.2, 0) is 0 Å². The summed E-state index contributed by atoms with van der Waals surface area (Å²) in [5.74, 6) is -0.357. The Morgan fingerprint density at radius 3 is 2.29 bits per heavy atom. The van der Waals surface area contributed by atoms with Crippen molar-refractivity contribution in [3.8, 4) is 0 Å². The predicted molar refractivity (Wildman–Crippen MR) is 66.7 cm³/mol. The third-order valence-corrected chi connectivity index (χ3v) is 2.77. The zero-order valence-electron chi connectivity index (χ0n) is 10.4. The Balaban J connectivity index is 2.82. The van der Waals surface area contributed by atoms with Gasteiger partial charge in [0.25, 0.3) is 5.91 Å². The van der Waals surface area contributed by atoms with Crippen molar-refractivity contribution in [3.63, 3.8) is 0 Å². The number of hydrogen-bond donors (Lipinski definition) is 2. The molecule has 1 atom stereocenters. The standard InChI is InChI=1S/C13H18N2O2/c1-8(2)9(3)15-13(17)11-6-4-5-10(7-11)12(14)16/h4-9H,1-3H3,(H2,14,16)(H,15,17)/t9-/m1/s1. The summed E-state index contributed by atoms with van der Waals surface area (Å²) in [6.07, 6.45) is 0. The fourth-order valence-electron chi connectivity index (χ4n) is 1.27. The fourth-order valence-corrected chi connectivity index (χ4v) is 1.27. The molecule has 0 saturated carbocycles. The first-order valence-corrected chi connectivity index (χ1v) is 5.62. The van der Waals surface area contributed by atoms with Gasteiger partial charge in [-0.25, -0.2) is 0 Å². The van der Waals surface area contributed by atoms with Crippen LogP contribution in [0.4, 0.5) is 0 Å². The van der Waals surface area contributed by atoms with E-state index in [1.807, 2.05) is 20.8 Å². The molecule has 3 N–H and O–H groups in total. The van der Waals surface area contributed by atoms with E-state index in [0.29, 0.717) is 17.0 Å². The molecular weight excluding hydrogens is 216 g/mol. The van der Waals surface area contributed by atoms with Crippen molar-refractivity contribution in [1.82, 2.24) is 5.32 Å². The molecule has 1 rings (SSSR count). The highest BCUT2D eigenvalue weighted by Crippen LogP contribution is 2.07. The maximum absolute atomic E-state index is 11.9. The van der Waals surface area contributed by atoms with E-state index in [4.69, 9.17) is 5.73 Å². The molecule has 4 nitrogen and oxygen atoms in total. The van der Waals surface area contributed by atoms with Crippen LogP contribution < -0.4 is 11.1 Å². The minimum absolute atomic E-state index is 0.0831. The van der Waals surface area contributed by atoms with Gasteiger partial charge >= 0.3 is 0 Å². The third kappa shape index (κ3) is 3.59. The number of rotatable bonds is 4. The summed E-state index contributed by atoms with van der Waals surface area (Å²) in [4.78, 5) is 22.9. The number of hydrogen-bond acceptors (Lipinski definition) is 2. The van der Waals surface area contributed by atoms with Gasteiger partial charge in [0.05, 0.1) is 0 Å². The highest BCUT2D eigenvalue weighted by atomic mass is 16.2. The molecule has 0 unspecified atom stereocenters. The maximum Gasteiger partial charge on any atom is 0.251 e. The Kier molecular flexibility index (Phi) is 4.26. The second-order valence-corrected chi connectivity index (χ2v) is 4.45. The van der Waals surface area contributed by atoms with Gasteiger partial charge in [-0.2, -0.15) is 0 Å². The van der Waals surface area contributed by atoms with Crippen LogP contribution in [0.3, 0.4) is 0 Å². The van der Waals surface area contributed by atoms with Crippen LogP contribution in [0.2, 0.25) is 0 Å². The Labute approximate surface area is 101 Å². The van der Waals surface area contributed by atoms with Crippen LogP contribution in [-0.4, -0.2) is 17.9 Å². The summed E-state index contributed by atoms with van der Waals surface area (Å²) in [6, 6.07) is 6.49. The molecule has 1 aromatic rings. The van der Waals surface area contributed by atoms with E-state index in [2.05, 4.69) is 5.32 Å². The van der Waals surface area contributed by atoms with Gasteiger partial charge in [-0.1, -0.05) is 19.9 Å². The number of benzene rings is 1. The van der Waals surface area contributed by atoms with Gasteiger partial charge in [-0.05, 0) is 31.0 Å². The molecule has 0 bridgehead atoms. The summed E-state index contributed by atoms with van der Waals surface area (Å²) < 4.78 is 0. The number of primary amides is 1. The van der Waals surface area contributed by atoms with E-state index in [9.17, 15) is 9.59 Å². The second kappa shape index (κ2) is 5.48. The molecule has 0 fully saturated rings. The zero-order valence-corrected chi connectivity index (χ0v) is 10.4. The van der Waals surface area contributed by atoms with Gasteiger partial charge in [-0.15, -0.1) is 0 Å². The Hall–Kier alpha value is -1.84. The average Bonchev–Trinajstić information content (AvgIpc) is 2.28.